The van der Waals surface area contributed by atoms with Crippen LogP contribution in [-0.2, 0) is 14.3 Å². The van der Waals surface area contributed by atoms with E-state index in [4.69, 9.17) is 14.2 Å². The van der Waals surface area contributed by atoms with Gasteiger partial charge in [0.15, 0.2) is 0 Å². The molecule has 1 aromatic rings. The smallest absolute Gasteiger partial charge is 0.309 e. The number of benzene rings is 1. The van der Waals surface area contributed by atoms with Gasteiger partial charge in [-0.3, -0.25) is 4.79 Å². The van der Waals surface area contributed by atoms with Gasteiger partial charge in [-0.2, -0.15) is 0 Å². The second kappa shape index (κ2) is 8.11. The number of hydrogen-bond acceptors (Lipinski definition) is 8. The summed E-state index contributed by atoms with van der Waals surface area (Å²) in [6.07, 6.45) is -5.47. The van der Waals surface area contributed by atoms with Crippen molar-refractivity contribution in [2.45, 2.75) is 37.1 Å². The molecule has 2 rings (SSSR count). The molecule has 1 aliphatic heterocycles. The third kappa shape index (κ3) is 4.45. The molecule has 0 unspecified atom stereocenters. The van der Waals surface area contributed by atoms with Gasteiger partial charge in [0, 0.05) is 0 Å². The number of aliphatic hydroxyl groups excluding tert-OH is 3. The summed E-state index contributed by atoms with van der Waals surface area (Å²) in [4.78, 5) is 11.3. The van der Waals surface area contributed by atoms with Gasteiger partial charge in [-0.05, 0) is 24.3 Å². The molecule has 1 fully saturated rings. The molecule has 8 heteroatoms. The quantitative estimate of drug-likeness (QED) is 0.411. The van der Waals surface area contributed by atoms with Gasteiger partial charge in [0.25, 0.3) is 0 Å². The summed E-state index contributed by atoms with van der Waals surface area (Å²) in [6, 6.07) is 5.65. The molecule has 0 spiro atoms. The van der Waals surface area contributed by atoms with E-state index in [1.807, 2.05) is 0 Å². The van der Waals surface area contributed by atoms with Gasteiger partial charge in [0.05, 0.1) is 6.42 Å². The average molecular weight is 340 g/mol. The second-order valence-corrected chi connectivity index (χ2v) is 5.30. The molecular weight excluding hydrogens is 320 g/mol. The number of carbonyl (C=O) groups is 1. The third-order valence-electron chi connectivity index (χ3n) is 3.48. The molecule has 0 amide bonds. The number of aromatic hydroxyl groups is 1. The van der Waals surface area contributed by atoms with E-state index in [1.54, 1.807) is 0 Å². The summed E-state index contributed by atoms with van der Waals surface area (Å²) in [5.41, 5.74) is 0. The normalized spacial score (nSPS) is 29.7. The fraction of sp³-hybridized carbons (Fsp3) is 0.438. The van der Waals surface area contributed by atoms with Crippen molar-refractivity contribution >= 4 is 5.97 Å². The zero-order valence-corrected chi connectivity index (χ0v) is 12.8. The molecule has 0 radical (unpaired) electrons. The van der Waals surface area contributed by atoms with Crippen molar-refractivity contribution in [1.29, 1.82) is 0 Å². The highest BCUT2D eigenvalue weighted by molar-refractivity contribution is 5.70. The van der Waals surface area contributed by atoms with Crippen LogP contribution in [0.2, 0.25) is 0 Å². The van der Waals surface area contributed by atoms with Crippen LogP contribution < -0.4 is 4.74 Å². The van der Waals surface area contributed by atoms with E-state index in [2.05, 4.69) is 6.58 Å². The molecule has 24 heavy (non-hydrogen) atoms. The molecule has 0 bridgehead atoms. The SMILES string of the molecule is C=CCC(=O)OC[C@H]1O[C@@H](Oc2ccc(O)cc2)[C@H](O)[C@@H](O)[C@@H]1O. The Hall–Kier alpha value is -2.13. The Morgan fingerprint density at radius 2 is 1.83 bits per heavy atom. The van der Waals surface area contributed by atoms with Gasteiger partial charge < -0.3 is 34.6 Å². The lowest BCUT2D eigenvalue weighted by atomic mass is 9.99. The minimum absolute atomic E-state index is 0.00142. The summed E-state index contributed by atoms with van der Waals surface area (Å²) in [5, 5.41) is 39.1. The standard InChI is InChI=1S/C16H20O8/c1-2-3-12(18)22-8-11-13(19)14(20)15(21)16(24-11)23-10-6-4-9(17)5-7-10/h2,4-7,11,13-17,19-21H,1,3,8H2/t11-,13-,14+,15-,16-/m1/s1. The maximum atomic E-state index is 11.3. The fourth-order valence-electron chi connectivity index (χ4n) is 2.16. The largest absolute Gasteiger partial charge is 0.508 e. The molecule has 1 aliphatic rings. The lowest BCUT2D eigenvalue weighted by molar-refractivity contribution is -0.278. The van der Waals surface area contributed by atoms with Crippen LogP contribution in [0.15, 0.2) is 36.9 Å². The maximum Gasteiger partial charge on any atom is 0.309 e. The molecule has 1 aromatic carbocycles. The molecule has 0 saturated carbocycles. The van der Waals surface area contributed by atoms with Gasteiger partial charge in [-0.1, -0.05) is 6.08 Å². The lowest BCUT2D eigenvalue weighted by Crippen LogP contribution is -2.60. The van der Waals surface area contributed by atoms with Crippen molar-refractivity contribution in [2.24, 2.45) is 0 Å². The van der Waals surface area contributed by atoms with Crippen LogP contribution >= 0.6 is 0 Å². The summed E-state index contributed by atoms with van der Waals surface area (Å²) < 4.78 is 15.7. The number of phenols is 1. The molecule has 0 aromatic heterocycles. The molecule has 1 saturated heterocycles. The monoisotopic (exact) mass is 340 g/mol. The first kappa shape index (κ1) is 18.2. The number of ether oxygens (including phenoxy) is 3. The van der Waals surface area contributed by atoms with Crippen LogP contribution in [0.25, 0.3) is 0 Å². The van der Waals surface area contributed by atoms with Crippen LogP contribution in [0.5, 0.6) is 11.5 Å². The molecule has 132 valence electrons. The van der Waals surface area contributed by atoms with Crippen molar-refractivity contribution in [3.8, 4) is 11.5 Å². The van der Waals surface area contributed by atoms with Crippen LogP contribution in [0.3, 0.4) is 0 Å². The van der Waals surface area contributed by atoms with Crippen molar-refractivity contribution in [1.82, 2.24) is 0 Å². The molecule has 4 N–H and O–H groups in total. The van der Waals surface area contributed by atoms with Gasteiger partial charge in [-0.15, -0.1) is 6.58 Å². The number of carbonyl (C=O) groups excluding carboxylic acids is 1. The van der Waals surface area contributed by atoms with Gasteiger partial charge >= 0.3 is 5.97 Å². The van der Waals surface area contributed by atoms with Crippen molar-refractivity contribution in [2.75, 3.05) is 6.61 Å². The second-order valence-electron chi connectivity index (χ2n) is 5.30. The third-order valence-corrected chi connectivity index (χ3v) is 3.48. The highest BCUT2D eigenvalue weighted by Gasteiger charge is 2.45. The minimum Gasteiger partial charge on any atom is -0.508 e. The average Bonchev–Trinajstić information content (AvgIpc) is 2.56. The summed E-state index contributed by atoms with van der Waals surface area (Å²) in [6.45, 7) is 3.09. The predicted octanol–water partition coefficient (Wildman–Crippen LogP) is -0.302. The van der Waals surface area contributed by atoms with Gasteiger partial charge in [0.1, 0.15) is 42.5 Å². The minimum atomic E-state index is -1.54. The van der Waals surface area contributed by atoms with E-state index in [1.165, 1.54) is 30.3 Å². The lowest BCUT2D eigenvalue weighted by Gasteiger charge is -2.39. The molecule has 8 nitrogen and oxygen atoms in total. The van der Waals surface area contributed by atoms with Crippen LogP contribution in [0.1, 0.15) is 6.42 Å². The Kier molecular flexibility index (Phi) is 6.16. The first-order valence-corrected chi connectivity index (χ1v) is 7.34. The molecular formula is C16H20O8. The predicted molar refractivity (Wildman–Crippen MR) is 81.2 cm³/mol. The van der Waals surface area contributed by atoms with Gasteiger partial charge in [-0.25, -0.2) is 0 Å². The van der Waals surface area contributed by atoms with Crippen molar-refractivity contribution in [3.63, 3.8) is 0 Å². The van der Waals surface area contributed by atoms with E-state index in [9.17, 15) is 25.2 Å². The van der Waals surface area contributed by atoms with Crippen molar-refractivity contribution < 1.29 is 39.4 Å². The number of aliphatic hydroxyl groups is 3. The van der Waals surface area contributed by atoms with Crippen LogP contribution in [0.4, 0.5) is 0 Å². The zero-order valence-electron chi connectivity index (χ0n) is 12.8. The Balaban J connectivity index is 2.01. The maximum absolute atomic E-state index is 11.3. The van der Waals surface area contributed by atoms with E-state index in [0.29, 0.717) is 0 Å². The van der Waals surface area contributed by atoms with Crippen LogP contribution in [0, 0.1) is 0 Å². The van der Waals surface area contributed by atoms with E-state index >= 15 is 0 Å². The van der Waals surface area contributed by atoms with E-state index in [-0.39, 0.29) is 24.5 Å². The molecule has 0 aliphatic carbocycles. The first-order chi connectivity index (χ1) is 11.4. The zero-order chi connectivity index (χ0) is 17.7. The number of rotatable bonds is 6. The van der Waals surface area contributed by atoms with Crippen molar-refractivity contribution in [3.05, 3.63) is 36.9 Å². The summed E-state index contributed by atoms with van der Waals surface area (Å²) in [5.74, 6) is -0.241. The number of hydrogen-bond donors (Lipinski definition) is 4. The van der Waals surface area contributed by atoms with Gasteiger partial charge in [0.2, 0.25) is 6.29 Å². The fourth-order valence-corrected chi connectivity index (χ4v) is 2.16. The number of phenolic OH excluding ortho intramolecular Hbond substituents is 1. The Morgan fingerprint density at radius 3 is 2.46 bits per heavy atom. The van der Waals surface area contributed by atoms with E-state index < -0.39 is 36.7 Å². The highest BCUT2D eigenvalue weighted by atomic mass is 16.7. The molecule has 1 heterocycles. The Labute approximate surface area is 138 Å². The summed E-state index contributed by atoms with van der Waals surface area (Å²) in [7, 11) is 0. The Bertz CT molecular complexity index is 558. The first-order valence-electron chi connectivity index (χ1n) is 7.34. The summed E-state index contributed by atoms with van der Waals surface area (Å²) >= 11 is 0. The van der Waals surface area contributed by atoms with Crippen LogP contribution in [-0.4, -0.2) is 63.7 Å². The Morgan fingerprint density at radius 1 is 1.17 bits per heavy atom. The highest BCUT2D eigenvalue weighted by Crippen LogP contribution is 2.25. The molecule has 5 atom stereocenters. The number of esters is 1. The topological polar surface area (TPSA) is 126 Å². The van der Waals surface area contributed by atoms with E-state index in [0.717, 1.165) is 0 Å².